The molecule has 2 nitrogen and oxygen atoms in total. The number of likely N-dealkylation sites (N-methyl/N-ethyl adjacent to an activating group) is 1. The maximum Gasteiger partial charge on any atom is 0.101 e. The molecule has 0 spiro atoms. The molecular weight excluding hydrogens is 221 g/mol. The summed E-state index contributed by atoms with van der Waals surface area (Å²) in [6, 6.07) is 0. The van der Waals surface area contributed by atoms with Gasteiger partial charge in [0.05, 0.1) is 27.7 Å². The molecule has 0 bridgehead atoms. The molecule has 4 heteroatoms. The number of aliphatic hydroxyl groups excluding tert-OH is 1. The Labute approximate surface area is 77.5 Å². The zero-order chi connectivity index (χ0) is 5.91. The van der Waals surface area contributed by atoms with E-state index in [-0.39, 0.29) is 40.1 Å². The Hall–Kier alpha value is 0.898. The molecule has 0 aromatic heterocycles. The number of nitrogens with zero attached hydrogens (tertiary/aromatic N) is 1. The largest absolute Gasteiger partial charge is 1.00 e. The summed E-state index contributed by atoms with van der Waals surface area (Å²) in [5.74, 6) is 0. The molecule has 0 aliphatic rings. The van der Waals surface area contributed by atoms with E-state index in [1.54, 1.807) is 0 Å². The maximum absolute atomic E-state index is 8.39. The average molecular weight is 236 g/mol. The van der Waals surface area contributed by atoms with E-state index in [4.69, 9.17) is 5.11 Å². The zero-order valence-electron chi connectivity index (χ0n) is 6.09. The van der Waals surface area contributed by atoms with Crippen molar-refractivity contribution >= 4 is 0 Å². The van der Waals surface area contributed by atoms with Crippen molar-refractivity contribution in [2.45, 2.75) is 0 Å². The van der Waals surface area contributed by atoms with Crippen LogP contribution in [-0.2, 0) is 21.1 Å². The monoisotopic (exact) mass is 237 g/mol. The molecule has 0 fully saturated rings. The normalized spacial score (nSPS) is 9.33. The predicted octanol–water partition coefficient (Wildman–Crippen LogP) is -3.31. The number of hydrogen-bond donors (Lipinski definition) is 1. The molecule has 0 aliphatic carbocycles. The Morgan fingerprint density at radius 1 is 1.22 bits per heavy atom. The Kier molecular flexibility index (Phi) is 12.8. The van der Waals surface area contributed by atoms with Gasteiger partial charge in [0.1, 0.15) is 6.54 Å². The van der Waals surface area contributed by atoms with Gasteiger partial charge in [0.2, 0.25) is 0 Å². The average Bonchev–Trinajstić information content (AvgIpc) is 1.30. The van der Waals surface area contributed by atoms with Gasteiger partial charge in [0.15, 0.2) is 0 Å². The molecule has 0 amide bonds. The van der Waals surface area contributed by atoms with Crippen molar-refractivity contribution in [2.24, 2.45) is 0 Å². The number of halogens is 1. The molecule has 0 aromatic carbocycles. The summed E-state index contributed by atoms with van der Waals surface area (Å²) >= 11 is 0. The van der Waals surface area contributed by atoms with Gasteiger partial charge >= 0.3 is 0 Å². The molecule has 0 saturated heterocycles. The van der Waals surface area contributed by atoms with Crippen molar-refractivity contribution in [3.63, 3.8) is 0 Å². The van der Waals surface area contributed by atoms with Gasteiger partial charge in [-0.3, -0.25) is 0 Å². The van der Waals surface area contributed by atoms with Gasteiger partial charge in [-0.05, 0) is 0 Å². The van der Waals surface area contributed by atoms with E-state index in [2.05, 4.69) is 21.1 Å². The summed E-state index contributed by atoms with van der Waals surface area (Å²) in [7, 11) is 6.16. The molecule has 0 aromatic rings. The first kappa shape index (κ1) is 16.5. The van der Waals surface area contributed by atoms with Crippen molar-refractivity contribution in [1.29, 1.82) is 0 Å². The standard InChI is InChI=1S/C5H14NO.ClH.Mo/c1-6(2,3)4-5-7;;/h7H,4-5H2,1-3H3;1H;/q+1;;/p-1. The quantitative estimate of drug-likeness (QED) is 0.393. The fourth-order valence-corrected chi connectivity index (χ4v) is 0.300. The van der Waals surface area contributed by atoms with Gasteiger partial charge in [0.25, 0.3) is 0 Å². The molecule has 0 saturated carbocycles. The molecule has 9 heavy (non-hydrogen) atoms. The van der Waals surface area contributed by atoms with Gasteiger partial charge in [-0.2, -0.15) is 0 Å². The van der Waals surface area contributed by atoms with Crippen LogP contribution in [0.25, 0.3) is 0 Å². The second-order valence-corrected chi connectivity index (χ2v) is 2.74. The first-order chi connectivity index (χ1) is 3.06. The van der Waals surface area contributed by atoms with E-state index in [0.29, 0.717) is 0 Å². The van der Waals surface area contributed by atoms with Gasteiger partial charge in [-0.25, -0.2) is 0 Å². The van der Waals surface area contributed by atoms with E-state index in [1.165, 1.54) is 0 Å². The Balaban J connectivity index is -0.000000180. The smallest absolute Gasteiger partial charge is 0.101 e. The SMILES string of the molecule is C[N+](C)(C)CCO.[Cl-].[Mo]. The van der Waals surface area contributed by atoms with E-state index in [9.17, 15) is 0 Å². The first-order valence-electron chi connectivity index (χ1n) is 2.47. The first-order valence-corrected chi connectivity index (χ1v) is 2.47. The molecule has 58 valence electrons. The van der Waals surface area contributed by atoms with Crippen molar-refractivity contribution in [3.8, 4) is 0 Å². The summed E-state index contributed by atoms with van der Waals surface area (Å²) in [6.07, 6.45) is 0. The van der Waals surface area contributed by atoms with Gasteiger partial charge < -0.3 is 22.0 Å². The van der Waals surface area contributed by atoms with Crippen LogP contribution in [0, 0.1) is 0 Å². The zero-order valence-corrected chi connectivity index (χ0v) is 8.86. The number of aliphatic hydroxyl groups is 1. The number of rotatable bonds is 2. The molecule has 1 N–H and O–H groups in total. The molecule has 0 aliphatic heterocycles. The van der Waals surface area contributed by atoms with Gasteiger partial charge in [0, 0.05) is 21.1 Å². The topological polar surface area (TPSA) is 20.2 Å². The molecule has 0 atom stereocenters. The predicted molar refractivity (Wildman–Crippen MR) is 30.0 cm³/mol. The summed E-state index contributed by atoms with van der Waals surface area (Å²) in [5, 5.41) is 8.39. The Morgan fingerprint density at radius 3 is 1.56 bits per heavy atom. The van der Waals surface area contributed by atoms with Crippen molar-refractivity contribution in [3.05, 3.63) is 0 Å². The summed E-state index contributed by atoms with van der Waals surface area (Å²) < 4.78 is 0.844. The minimum absolute atomic E-state index is 0. The van der Waals surface area contributed by atoms with Crippen molar-refractivity contribution < 1.29 is 43.1 Å². The van der Waals surface area contributed by atoms with E-state index in [1.807, 2.05) is 0 Å². The van der Waals surface area contributed by atoms with Crippen LogP contribution in [0.4, 0.5) is 0 Å². The van der Waals surface area contributed by atoms with Crippen LogP contribution in [0.3, 0.4) is 0 Å². The van der Waals surface area contributed by atoms with E-state index in [0.717, 1.165) is 11.0 Å². The van der Waals surface area contributed by atoms with E-state index >= 15 is 0 Å². The fourth-order valence-electron chi connectivity index (χ4n) is 0.300. The molecule has 0 rings (SSSR count). The molecule has 0 heterocycles. The molecule has 0 unspecified atom stereocenters. The summed E-state index contributed by atoms with van der Waals surface area (Å²) in [4.78, 5) is 0. The van der Waals surface area contributed by atoms with Crippen LogP contribution in [0.15, 0.2) is 0 Å². The Bertz CT molecular complexity index is 55.4. The van der Waals surface area contributed by atoms with Crippen LogP contribution in [0.2, 0.25) is 0 Å². The van der Waals surface area contributed by atoms with Crippen molar-refractivity contribution in [1.82, 2.24) is 0 Å². The second kappa shape index (κ2) is 7.01. The van der Waals surface area contributed by atoms with Crippen LogP contribution >= 0.6 is 0 Å². The number of quaternary nitrogens is 1. The maximum atomic E-state index is 8.39. The third-order valence-corrected chi connectivity index (χ3v) is 0.771. The number of hydrogen-bond acceptors (Lipinski definition) is 1. The third-order valence-electron chi connectivity index (χ3n) is 0.771. The second-order valence-electron chi connectivity index (χ2n) is 2.74. The van der Waals surface area contributed by atoms with Crippen molar-refractivity contribution in [2.75, 3.05) is 34.3 Å². The van der Waals surface area contributed by atoms with E-state index < -0.39 is 0 Å². The van der Waals surface area contributed by atoms with Crippen LogP contribution in [-0.4, -0.2) is 43.9 Å². The summed E-state index contributed by atoms with van der Waals surface area (Å²) in [6.45, 7) is 1.11. The Morgan fingerprint density at radius 2 is 1.56 bits per heavy atom. The fraction of sp³-hybridized carbons (Fsp3) is 1.00. The van der Waals surface area contributed by atoms with Crippen LogP contribution < -0.4 is 12.4 Å². The van der Waals surface area contributed by atoms with Crippen LogP contribution in [0.1, 0.15) is 0 Å². The van der Waals surface area contributed by atoms with Gasteiger partial charge in [-0.1, -0.05) is 0 Å². The minimum atomic E-state index is 0. The third kappa shape index (κ3) is 17.6. The van der Waals surface area contributed by atoms with Gasteiger partial charge in [-0.15, -0.1) is 0 Å². The molecule has 0 radical (unpaired) electrons. The minimum Gasteiger partial charge on any atom is -1.00 e. The molecular formula is C5H14ClMoNO. The van der Waals surface area contributed by atoms with Crippen LogP contribution in [0.5, 0.6) is 0 Å². The summed E-state index contributed by atoms with van der Waals surface area (Å²) in [5.41, 5.74) is 0.